The van der Waals surface area contributed by atoms with Gasteiger partial charge in [-0.15, -0.1) is 0 Å². The number of hydrogen-bond donors (Lipinski definition) is 3. The summed E-state index contributed by atoms with van der Waals surface area (Å²) in [5.74, 6) is -1.28. The molecule has 3 N–H and O–H groups in total. The summed E-state index contributed by atoms with van der Waals surface area (Å²) >= 11 is 3.32. The predicted octanol–water partition coefficient (Wildman–Crippen LogP) is 3.11. The first-order valence-electron chi connectivity index (χ1n) is 14.4. The van der Waals surface area contributed by atoms with Gasteiger partial charge in [0, 0.05) is 68.9 Å². The zero-order valence-corrected chi connectivity index (χ0v) is 26.8. The molecule has 16 heteroatoms. The third-order valence-corrected chi connectivity index (χ3v) is 8.13. The maximum absolute atomic E-state index is 13.8. The van der Waals surface area contributed by atoms with Gasteiger partial charge in [-0.3, -0.25) is 34.2 Å². The molecule has 0 spiro atoms. The van der Waals surface area contributed by atoms with Crippen molar-refractivity contribution >= 4 is 56.4 Å². The van der Waals surface area contributed by atoms with Crippen LogP contribution < -0.4 is 16.0 Å². The molecule has 0 radical (unpaired) electrons. The highest BCUT2D eigenvalue weighted by Gasteiger charge is 2.42. The number of nitrogens with zero attached hydrogens (tertiary/aromatic N) is 6. The van der Waals surface area contributed by atoms with Crippen molar-refractivity contribution in [2.24, 2.45) is 7.05 Å². The maximum Gasteiger partial charge on any atom is 0.294 e. The van der Waals surface area contributed by atoms with Crippen LogP contribution in [0.4, 0.5) is 22.7 Å². The second kappa shape index (κ2) is 13.2. The molecule has 15 nitrogen and oxygen atoms in total. The highest BCUT2D eigenvalue weighted by Crippen LogP contribution is 2.36. The Bertz CT molecular complexity index is 1620. The van der Waals surface area contributed by atoms with Crippen LogP contribution in [0.1, 0.15) is 41.0 Å². The monoisotopic (exact) mass is 683 g/mol. The largest absolute Gasteiger partial charge is 0.387 e. The molecule has 1 aromatic carbocycles. The summed E-state index contributed by atoms with van der Waals surface area (Å²) < 4.78 is 7.68. The number of halogens is 1. The zero-order chi connectivity index (χ0) is 32.4. The number of hydrogen-bond acceptors (Lipinski definition) is 10. The van der Waals surface area contributed by atoms with Crippen molar-refractivity contribution in [2.45, 2.75) is 44.6 Å². The van der Waals surface area contributed by atoms with E-state index in [4.69, 9.17) is 4.74 Å². The van der Waals surface area contributed by atoms with Gasteiger partial charge in [-0.05, 0) is 32.4 Å². The number of amides is 3. The van der Waals surface area contributed by atoms with Crippen molar-refractivity contribution in [3.05, 3.63) is 68.7 Å². The maximum atomic E-state index is 13.8. The minimum atomic E-state index is -0.942. The van der Waals surface area contributed by atoms with Gasteiger partial charge in [0.2, 0.25) is 5.91 Å². The molecule has 45 heavy (non-hydrogen) atoms. The number of nitro groups is 1. The van der Waals surface area contributed by atoms with Crippen LogP contribution in [0.5, 0.6) is 0 Å². The van der Waals surface area contributed by atoms with E-state index in [2.05, 4.69) is 42.0 Å². The molecule has 4 atom stereocenters. The van der Waals surface area contributed by atoms with Crippen LogP contribution in [0.15, 0.2) is 47.5 Å². The van der Waals surface area contributed by atoms with E-state index in [0.717, 1.165) is 0 Å². The van der Waals surface area contributed by atoms with Crippen molar-refractivity contribution in [1.82, 2.24) is 24.6 Å². The van der Waals surface area contributed by atoms with Crippen LogP contribution in [-0.2, 0) is 16.6 Å². The third kappa shape index (κ3) is 7.06. The molecule has 238 valence electrons. The smallest absolute Gasteiger partial charge is 0.294 e. The first-order chi connectivity index (χ1) is 21.4. The van der Waals surface area contributed by atoms with E-state index in [-0.39, 0.29) is 47.7 Å². The number of anilines is 3. The fourth-order valence-electron chi connectivity index (χ4n) is 5.76. The zero-order valence-electron chi connectivity index (χ0n) is 25.2. The van der Waals surface area contributed by atoms with Crippen LogP contribution in [0.3, 0.4) is 0 Å². The summed E-state index contributed by atoms with van der Waals surface area (Å²) in [4.78, 5) is 60.1. The normalized spacial score (nSPS) is 21.4. The lowest BCUT2D eigenvalue weighted by Gasteiger charge is -2.35. The van der Waals surface area contributed by atoms with Crippen LogP contribution in [0, 0.1) is 10.1 Å². The Kier molecular flexibility index (Phi) is 9.34. The number of carbonyl (C=O) groups is 3. The summed E-state index contributed by atoms with van der Waals surface area (Å²) in [5.41, 5.74) is 1.15. The molecule has 2 saturated heterocycles. The lowest BCUT2D eigenvalue weighted by molar-refractivity contribution is -0.384. The summed E-state index contributed by atoms with van der Waals surface area (Å²) in [6.07, 6.45) is 5.81. The van der Waals surface area contributed by atoms with Crippen molar-refractivity contribution in [3.63, 3.8) is 0 Å². The first-order valence-corrected chi connectivity index (χ1v) is 15.1. The molecule has 0 saturated carbocycles. The molecule has 2 aliphatic heterocycles. The van der Waals surface area contributed by atoms with Gasteiger partial charge in [-0.2, -0.15) is 5.10 Å². The molecule has 2 aliphatic rings. The summed E-state index contributed by atoms with van der Waals surface area (Å²) in [5, 5.41) is 25.3. The van der Waals surface area contributed by atoms with Crippen molar-refractivity contribution in [3.8, 4) is 0 Å². The molecule has 3 aromatic rings. The molecule has 5 rings (SSSR count). The van der Waals surface area contributed by atoms with E-state index in [0.29, 0.717) is 28.9 Å². The summed E-state index contributed by atoms with van der Waals surface area (Å²) in [6, 6.07) is 2.94. The average Bonchev–Trinajstić information content (AvgIpc) is 3.62. The number of likely N-dealkylation sites (tertiary alicyclic amines) is 1. The number of carbonyl (C=O) groups excluding carboxylic acids is 3. The van der Waals surface area contributed by atoms with E-state index < -0.39 is 34.7 Å². The van der Waals surface area contributed by atoms with Gasteiger partial charge in [0.15, 0.2) is 0 Å². The number of morpholine rings is 1. The molecule has 4 heterocycles. The molecule has 0 bridgehead atoms. The summed E-state index contributed by atoms with van der Waals surface area (Å²) in [6.45, 7) is 4.40. The molecule has 2 aromatic heterocycles. The topological polar surface area (TPSA) is 177 Å². The van der Waals surface area contributed by atoms with Gasteiger partial charge in [0.1, 0.15) is 11.7 Å². The van der Waals surface area contributed by atoms with E-state index in [9.17, 15) is 24.5 Å². The Labute approximate surface area is 267 Å². The first kappa shape index (κ1) is 31.8. The third-order valence-electron chi connectivity index (χ3n) is 7.68. The number of rotatable bonds is 8. The summed E-state index contributed by atoms with van der Waals surface area (Å²) in [7, 11) is 3.42. The molecule has 2 fully saturated rings. The fourth-order valence-corrected chi connectivity index (χ4v) is 6.21. The van der Waals surface area contributed by atoms with Crippen molar-refractivity contribution in [1.29, 1.82) is 0 Å². The van der Waals surface area contributed by atoms with Gasteiger partial charge >= 0.3 is 0 Å². The van der Waals surface area contributed by atoms with Gasteiger partial charge in [0.05, 0.1) is 45.8 Å². The van der Waals surface area contributed by atoms with Gasteiger partial charge < -0.3 is 30.5 Å². The van der Waals surface area contributed by atoms with Crippen LogP contribution in [0.2, 0.25) is 0 Å². The molecule has 0 aliphatic carbocycles. The second-order valence-electron chi connectivity index (χ2n) is 11.2. The van der Waals surface area contributed by atoms with E-state index in [1.165, 1.54) is 28.0 Å². The number of ether oxygens (including phenoxy) is 1. The quantitative estimate of drug-likeness (QED) is 0.236. The van der Waals surface area contributed by atoms with Crippen molar-refractivity contribution in [2.75, 3.05) is 42.6 Å². The Balaban J connectivity index is 1.48. The second-order valence-corrected chi connectivity index (χ2v) is 12.1. The standard InChI is InChI=1S/C29H34BrN9O6/c1-16-12-37(13-17(2)45-16)29(42)23-6-19(30)7-24(39(43)44)26(23)34-21-8-25(27(40)35-22-11-33-36(4)14-22)38(15-21)28(41)18-5-20(31-3)10-32-9-18/h5-7,9-11,14,16-17,21,25,31,34H,8,12-13,15H2,1-4H3,(H,35,40)/t16-,17+,21-,25+/m1/s1. The number of benzene rings is 1. The number of nitrogens with one attached hydrogen (secondary N) is 3. The number of pyridine rings is 1. The average molecular weight is 685 g/mol. The number of aryl methyl sites for hydroxylation is 1. The van der Waals surface area contributed by atoms with Crippen LogP contribution >= 0.6 is 15.9 Å². The minimum Gasteiger partial charge on any atom is -0.387 e. The lowest BCUT2D eigenvalue weighted by Crippen LogP contribution is -2.48. The van der Waals surface area contributed by atoms with Gasteiger partial charge in [-0.25, -0.2) is 0 Å². The molecule has 3 amide bonds. The fraction of sp³-hybridized carbons (Fsp3) is 0.414. The SMILES string of the molecule is CNc1cncc(C(=O)N2C[C@H](Nc3c(C(=O)N4C[C@@H](C)O[C@@H](C)C4)cc(Br)cc3[N+](=O)[O-])C[C@H]2C(=O)Nc2cnn(C)c2)c1. The Hall–Kier alpha value is -4.57. The lowest BCUT2D eigenvalue weighted by atomic mass is 10.1. The Morgan fingerprint density at radius 3 is 2.42 bits per heavy atom. The molecular formula is C29H34BrN9O6. The number of nitro benzene ring substituents is 1. The Morgan fingerprint density at radius 1 is 1.04 bits per heavy atom. The van der Waals surface area contributed by atoms with E-state index >= 15 is 0 Å². The molecular weight excluding hydrogens is 650 g/mol. The highest BCUT2D eigenvalue weighted by atomic mass is 79.9. The van der Waals surface area contributed by atoms with Crippen LogP contribution in [0.25, 0.3) is 0 Å². The van der Waals surface area contributed by atoms with Crippen molar-refractivity contribution < 1.29 is 24.0 Å². The number of aromatic nitrogens is 3. The Morgan fingerprint density at radius 2 is 1.78 bits per heavy atom. The van der Waals surface area contributed by atoms with Gasteiger partial charge in [0.25, 0.3) is 17.5 Å². The highest BCUT2D eigenvalue weighted by molar-refractivity contribution is 9.10. The minimum absolute atomic E-state index is 0.0181. The van der Waals surface area contributed by atoms with E-state index in [1.54, 1.807) is 43.5 Å². The van der Waals surface area contributed by atoms with Gasteiger partial charge in [-0.1, -0.05) is 15.9 Å². The predicted molar refractivity (Wildman–Crippen MR) is 169 cm³/mol. The van der Waals surface area contributed by atoms with E-state index in [1.807, 2.05) is 13.8 Å². The van der Waals surface area contributed by atoms with Crippen LogP contribution in [-0.4, -0.2) is 98.2 Å². The molecule has 0 unspecified atom stereocenters.